The van der Waals surface area contributed by atoms with E-state index in [-0.39, 0.29) is 35.8 Å². The highest BCUT2D eigenvalue weighted by Gasteiger charge is 2.31. The highest BCUT2D eigenvalue weighted by atomic mass is 16.5. The smallest absolute Gasteiger partial charge is 0.258 e. The molecule has 0 radical (unpaired) electrons. The first kappa shape index (κ1) is 43.0. The topological polar surface area (TPSA) is 117 Å². The summed E-state index contributed by atoms with van der Waals surface area (Å²) in [5, 5.41) is 5.96. The number of benzene rings is 4. The molecule has 304 valence electrons. The van der Waals surface area contributed by atoms with Gasteiger partial charge in [-0.2, -0.15) is 0 Å². The van der Waals surface area contributed by atoms with Crippen LogP contribution in [0.5, 0.6) is 11.5 Å². The Morgan fingerprint density at radius 2 is 0.879 bits per heavy atom. The monoisotopic (exact) mass is 784 g/mol. The van der Waals surface area contributed by atoms with Crippen molar-refractivity contribution in [1.82, 2.24) is 20.4 Å². The summed E-state index contributed by atoms with van der Waals surface area (Å²) in [5.74, 6) is 0.333. The van der Waals surface area contributed by atoms with Gasteiger partial charge in [-0.25, -0.2) is 0 Å². The summed E-state index contributed by atoms with van der Waals surface area (Å²) in [7, 11) is 3.36. The third-order valence-electron chi connectivity index (χ3n) is 10.1. The molecule has 0 spiro atoms. The van der Waals surface area contributed by atoms with Crippen LogP contribution in [-0.2, 0) is 22.4 Å². The lowest BCUT2D eigenvalue weighted by Gasteiger charge is -2.28. The maximum Gasteiger partial charge on any atom is 0.258 e. The van der Waals surface area contributed by atoms with Gasteiger partial charge in [0.2, 0.25) is 11.8 Å². The second-order valence-corrected chi connectivity index (χ2v) is 14.7. The van der Waals surface area contributed by atoms with E-state index < -0.39 is 12.1 Å². The summed E-state index contributed by atoms with van der Waals surface area (Å²) < 4.78 is 12.1. The van der Waals surface area contributed by atoms with Gasteiger partial charge in [0.15, 0.2) is 0 Å². The van der Waals surface area contributed by atoms with E-state index in [1.165, 1.54) is 9.80 Å². The van der Waals surface area contributed by atoms with Crippen molar-refractivity contribution in [3.05, 3.63) is 156 Å². The summed E-state index contributed by atoms with van der Waals surface area (Å²) in [6, 6.07) is 32.7. The summed E-state index contributed by atoms with van der Waals surface area (Å²) in [6.07, 6.45) is 12.0. The lowest BCUT2D eigenvalue weighted by atomic mass is 10.0. The largest absolute Gasteiger partial charge is 0.490 e. The number of rotatable bonds is 4. The van der Waals surface area contributed by atoms with Crippen LogP contribution in [0.1, 0.15) is 71.4 Å². The third-order valence-corrected chi connectivity index (χ3v) is 10.1. The highest BCUT2D eigenvalue weighted by molar-refractivity contribution is 6.00. The molecule has 4 atom stereocenters. The third kappa shape index (κ3) is 12.4. The molecule has 58 heavy (non-hydrogen) atoms. The van der Waals surface area contributed by atoms with Crippen LogP contribution in [0.25, 0.3) is 0 Å². The molecule has 0 aromatic heterocycles. The fraction of sp³-hybridized carbons (Fsp3) is 0.333. The van der Waals surface area contributed by atoms with Crippen LogP contribution in [-0.4, -0.2) is 84.9 Å². The zero-order valence-corrected chi connectivity index (χ0v) is 34.0. The number of carbonyl (C=O) groups excluding carboxylic acids is 4. The van der Waals surface area contributed by atoms with Crippen LogP contribution in [0, 0.1) is 0 Å². The average Bonchev–Trinajstić information content (AvgIpc) is 3.24. The minimum Gasteiger partial charge on any atom is -0.490 e. The average molecular weight is 785 g/mol. The van der Waals surface area contributed by atoms with Crippen molar-refractivity contribution < 1.29 is 28.7 Å². The van der Waals surface area contributed by atoms with Crippen molar-refractivity contribution in [2.75, 3.05) is 27.2 Å². The van der Waals surface area contributed by atoms with E-state index in [4.69, 9.17) is 9.47 Å². The van der Waals surface area contributed by atoms with Crippen LogP contribution >= 0.6 is 0 Å². The van der Waals surface area contributed by atoms with Gasteiger partial charge in [-0.05, 0) is 62.1 Å². The highest BCUT2D eigenvalue weighted by Crippen LogP contribution is 2.25. The molecule has 6 rings (SSSR count). The molecule has 0 bridgehead atoms. The molecule has 0 saturated carbocycles. The zero-order valence-electron chi connectivity index (χ0n) is 34.0. The van der Waals surface area contributed by atoms with Crippen molar-refractivity contribution in [2.45, 2.75) is 76.7 Å². The Morgan fingerprint density at radius 1 is 0.517 bits per heavy atom. The minimum absolute atomic E-state index is 0.0526. The number of carbonyl (C=O) groups is 4. The van der Waals surface area contributed by atoms with Gasteiger partial charge >= 0.3 is 0 Å². The van der Waals surface area contributed by atoms with E-state index in [0.29, 0.717) is 48.6 Å². The molecule has 2 aliphatic rings. The molecule has 4 aromatic rings. The number of hydrogen-bond acceptors (Lipinski definition) is 6. The Bertz CT molecular complexity index is 1870. The standard InChI is InChI=1S/2C24H28N2O3/c2*1-18-11-5-4-10-16-25-23(27)21(17-19-12-6-3-7-13-19)26(2)24(28)20-14-8-9-15-22(20)29-18/h2*3-9,12-15,18,21H,10-11,16-17H2,1-2H3,(H,25,27)/b5-4+;5-4-/t2*18-,21-/m00/s1. The molecule has 0 unspecified atom stereocenters. The first-order valence-corrected chi connectivity index (χ1v) is 20.1. The maximum atomic E-state index is 13.3. The van der Waals surface area contributed by atoms with Gasteiger partial charge in [0, 0.05) is 52.9 Å². The number of nitrogens with one attached hydrogen (secondary N) is 2. The van der Waals surface area contributed by atoms with Crippen LogP contribution in [0.2, 0.25) is 0 Å². The van der Waals surface area contributed by atoms with E-state index in [0.717, 1.165) is 36.8 Å². The minimum atomic E-state index is -0.609. The van der Waals surface area contributed by atoms with Crippen LogP contribution in [0.4, 0.5) is 0 Å². The summed E-state index contributed by atoms with van der Waals surface area (Å²) in [4.78, 5) is 55.6. The normalized spacial score (nSPS) is 22.1. The fourth-order valence-electron chi connectivity index (χ4n) is 6.78. The van der Waals surface area contributed by atoms with Crippen molar-refractivity contribution in [3.63, 3.8) is 0 Å². The number of nitrogens with zero attached hydrogens (tertiary/aromatic N) is 2. The maximum absolute atomic E-state index is 13.3. The Labute approximate surface area is 342 Å². The van der Waals surface area contributed by atoms with Crippen LogP contribution in [0.15, 0.2) is 133 Å². The molecule has 0 aliphatic carbocycles. The summed E-state index contributed by atoms with van der Waals surface area (Å²) in [6.45, 7) is 5.05. The molecular weight excluding hydrogens is 729 g/mol. The number of ether oxygens (including phenoxy) is 2. The molecule has 2 heterocycles. The first-order chi connectivity index (χ1) is 28.1. The molecule has 10 heteroatoms. The van der Waals surface area contributed by atoms with Gasteiger partial charge in [-0.1, -0.05) is 109 Å². The zero-order chi connectivity index (χ0) is 41.3. The SMILES string of the molecule is C[C@H]1C/C=C/CCNC(=O)[C@H](Cc2ccccc2)N(C)C(=O)c2ccccc2O1.C[C@H]1C/C=C\CCNC(=O)[C@H](Cc2ccccc2)N(C)C(=O)c2ccccc2O1. The lowest BCUT2D eigenvalue weighted by molar-refractivity contribution is -0.125. The number of amides is 4. The Hall–Kier alpha value is -6.16. The molecule has 4 aromatic carbocycles. The van der Waals surface area contributed by atoms with E-state index in [9.17, 15) is 19.2 Å². The van der Waals surface area contributed by atoms with E-state index >= 15 is 0 Å². The first-order valence-electron chi connectivity index (χ1n) is 20.1. The molecule has 2 aliphatic heterocycles. The predicted octanol–water partition coefficient (Wildman–Crippen LogP) is 7.21. The Morgan fingerprint density at radius 3 is 1.28 bits per heavy atom. The van der Waals surface area contributed by atoms with Gasteiger partial charge in [-0.3, -0.25) is 19.2 Å². The molecular formula is C48H56N4O6. The molecule has 0 saturated heterocycles. The van der Waals surface area contributed by atoms with Gasteiger partial charge in [0.05, 0.1) is 23.3 Å². The van der Waals surface area contributed by atoms with E-state index in [2.05, 4.69) is 34.9 Å². The van der Waals surface area contributed by atoms with Crippen molar-refractivity contribution >= 4 is 23.6 Å². The van der Waals surface area contributed by atoms with Gasteiger partial charge < -0.3 is 29.9 Å². The summed E-state index contributed by atoms with van der Waals surface area (Å²) in [5.41, 5.74) is 2.94. The Balaban J connectivity index is 0.000000221. The molecule has 4 amide bonds. The van der Waals surface area contributed by atoms with Gasteiger partial charge in [-0.15, -0.1) is 0 Å². The van der Waals surface area contributed by atoms with Crippen molar-refractivity contribution in [1.29, 1.82) is 0 Å². The fourth-order valence-corrected chi connectivity index (χ4v) is 6.78. The molecule has 10 nitrogen and oxygen atoms in total. The second-order valence-electron chi connectivity index (χ2n) is 14.7. The summed E-state index contributed by atoms with van der Waals surface area (Å²) >= 11 is 0. The number of likely N-dealkylation sites (N-methyl/N-ethyl adjacent to an activating group) is 2. The lowest BCUT2D eigenvalue weighted by Crippen LogP contribution is -2.49. The van der Waals surface area contributed by atoms with Gasteiger partial charge in [0.25, 0.3) is 11.8 Å². The second kappa shape index (κ2) is 22.0. The number of para-hydroxylation sites is 2. The van der Waals surface area contributed by atoms with Crippen molar-refractivity contribution in [3.8, 4) is 11.5 Å². The predicted molar refractivity (Wildman–Crippen MR) is 228 cm³/mol. The Kier molecular flexibility index (Phi) is 16.3. The quantitative estimate of drug-likeness (QED) is 0.212. The number of hydrogen-bond donors (Lipinski definition) is 2. The molecule has 0 fully saturated rings. The van der Waals surface area contributed by atoms with E-state index in [1.807, 2.05) is 98.8 Å². The van der Waals surface area contributed by atoms with Gasteiger partial charge in [0.1, 0.15) is 23.6 Å². The van der Waals surface area contributed by atoms with Crippen molar-refractivity contribution in [2.24, 2.45) is 0 Å². The van der Waals surface area contributed by atoms with Crippen LogP contribution in [0.3, 0.4) is 0 Å². The number of fused-ring (bicyclic) bond motifs is 2. The molecule has 2 N–H and O–H groups in total. The van der Waals surface area contributed by atoms with E-state index in [1.54, 1.807) is 38.4 Å². The van der Waals surface area contributed by atoms with Crippen LogP contribution < -0.4 is 20.1 Å².